The Morgan fingerprint density at radius 1 is 1.03 bits per heavy atom. The molecule has 158 valence electrons. The summed E-state index contributed by atoms with van der Waals surface area (Å²) >= 11 is 0. The van der Waals surface area contributed by atoms with E-state index in [4.69, 9.17) is 13.9 Å². The quantitative estimate of drug-likeness (QED) is 0.467. The van der Waals surface area contributed by atoms with Crippen molar-refractivity contribution in [2.75, 3.05) is 32.6 Å². The van der Waals surface area contributed by atoms with Gasteiger partial charge in [0, 0.05) is 43.9 Å². The molecule has 0 aliphatic carbocycles. The number of nitrogens with one attached hydrogen (secondary N) is 3. The summed E-state index contributed by atoms with van der Waals surface area (Å²) in [6.07, 6.45) is 1.67. The first-order valence-corrected chi connectivity index (χ1v) is 9.59. The van der Waals surface area contributed by atoms with Crippen LogP contribution in [0.5, 0.6) is 11.5 Å². The summed E-state index contributed by atoms with van der Waals surface area (Å²) in [6.45, 7) is 3.21. The molecular formula is C22H26N4O4. The molecule has 30 heavy (non-hydrogen) atoms. The predicted octanol–water partition coefficient (Wildman–Crippen LogP) is 3.58. The first-order chi connectivity index (χ1) is 14.6. The SMILES string of the molecule is COc1ccccc1CNC(=O)NCCNc1ccc(-c2cnc(C)o2)c(OC)c1. The number of ether oxygens (including phenoxy) is 2. The van der Waals surface area contributed by atoms with Crippen LogP contribution in [0.1, 0.15) is 11.5 Å². The van der Waals surface area contributed by atoms with Gasteiger partial charge in [0.2, 0.25) is 0 Å². The molecule has 8 nitrogen and oxygen atoms in total. The molecule has 0 radical (unpaired) electrons. The molecule has 2 amide bonds. The van der Waals surface area contributed by atoms with Crippen molar-refractivity contribution in [1.29, 1.82) is 0 Å². The maximum Gasteiger partial charge on any atom is 0.315 e. The smallest absolute Gasteiger partial charge is 0.315 e. The third-order valence-electron chi connectivity index (χ3n) is 4.46. The summed E-state index contributed by atoms with van der Waals surface area (Å²) in [5, 5.41) is 8.91. The molecule has 0 fully saturated rings. The molecule has 0 saturated carbocycles. The van der Waals surface area contributed by atoms with Gasteiger partial charge in [-0.25, -0.2) is 9.78 Å². The predicted molar refractivity (Wildman–Crippen MR) is 115 cm³/mol. The van der Waals surface area contributed by atoms with Gasteiger partial charge in [0.25, 0.3) is 0 Å². The Morgan fingerprint density at radius 3 is 2.57 bits per heavy atom. The lowest BCUT2D eigenvalue weighted by atomic mass is 10.1. The Labute approximate surface area is 175 Å². The van der Waals surface area contributed by atoms with Crippen LogP contribution in [0.25, 0.3) is 11.3 Å². The highest BCUT2D eigenvalue weighted by Crippen LogP contribution is 2.32. The maximum absolute atomic E-state index is 12.0. The Morgan fingerprint density at radius 2 is 1.83 bits per heavy atom. The Balaban J connectivity index is 1.45. The second-order valence-electron chi connectivity index (χ2n) is 6.51. The number of amides is 2. The van der Waals surface area contributed by atoms with Crippen molar-refractivity contribution in [1.82, 2.24) is 15.6 Å². The average molecular weight is 410 g/mol. The Bertz CT molecular complexity index is 987. The van der Waals surface area contributed by atoms with Crippen LogP contribution in [0, 0.1) is 6.92 Å². The number of carbonyl (C=O) groups excluding carboxylic acids is 1. The number of para-hydroxylation sites is 1. The summed E-state index contributed by atoms with van der Waals surface area (Å²) in [4.78, 5) is 16.1. The number of aryl methyl sites for hydroxylation is 1. The molecule has 8 heteroatoms. The average Bonchev–Trinajstić information content (AvgIpc) is 3.21. The lowest BCUT2D eigenvalue weighted by Gasteiger charge is -2.12. The van der Waals surface area contributed by atoms with Gasteiger partial charge in [0.1, 0.15) is 11.5 Å². The standard InChI is InChI=1S/C22H26N4O4/c1-15-25-14-21(30-15)18-9-8-17(12-20(18)29-3)23-10-11-24-22(27)26-13-16-6-4-5-7-19(16)28-2/h4-9,12,14,23H,10-11,13H2,1-3H3,(H2,24,26,27). The minimum Gasteiger partial charge on any atom is -0.496 e. The Kier molecular flexibility index (Phi) is 7.15. The van der Waals surface area contributed by atoms with Gasteiger partial charge in [-0.1, -0.05) is 18.2 Å². The van der Waals surface area contributed by atoms with E-state index in [1.165, 1.54) is 0 Å². The number of aromatic nitrogens is 1. The molecule has 0 aliphatic heterocycles. The molecule has 0 spiro atoms. The maximum atomic E-state index is 12.0. The van der Waals surface area contributed by atoms with Gasteiger partial charge in [-0.2, -0.15) is 0 Å². The number of hydrogen-bond acceptors (Lipinski definition) is 6. The summed E-state index contributed by atoms with van der Waals surface area (Å²) in [5.41, 5.74) is 2.63. The second-order valence-corrected chi connectivity index (χ2v) is 6.51. The first-order valence-electron chi connectivity index (χ1n) is 9.59. The van der Waals surface area contributed by atoms with Crippen LogP contribution >= 0.6 is 0 Å². The number of oxazole rings is 1. The van der Waals surface area contributed by atoms with Gasteiger partial charge in [0.05, 0.1) is 26.0 Å². The summed E-state index contributed by atoms with van der Waals surface area (Å²) in [6, 6.07) is 13.1. The normalized spacial score (nSPS) is 10.4. The lowest BCUT2D eigenvalue weighted by molar-refractivity contribution is 0.240. The van der Waals surface area contributed by atoms with Crippen LogP contribution in [0.15, 0.2) is 53.1 Å². The number of nitrogens with zero attached hydrogens (tertiary/aromatic N) is 1. The highest BCUT2D eigenvalue weighted by atomic mass is 16.5. The fourth-order valence-electron chi connectivity index (χ4n) is 2.96. The van der Waals surface area contributed by atoms with Gasteiger partial charge in [-0.15, -0.1) is 0 Å². The van der Waals surface area contributed by atoms with Crippen LogP contribution in [0.4, 0.5) is 10.5 Å². The molecule has 0 unspecified atom stereocenters. The number of carbonyl (C=O) groups is 1. The molecule has 3 aromatic rings. The fourth-order valence-corrected chi connectivity index (χ4v) is 2.96. The lowest BCUT2D eigenvalue weighted by Crippen LogP contribution is -2.37. The molecule has 1 aromatic heterocycles. The number of methoxy groups -OCH3 is 2. The zero-order valence-electron chi connectivity index (χ0n) is 17.3. The van der Waals surface area contributed by atoms with E-state index < -0.39 is 0 Å². The van der Waals surface area contributed by atoms with E-state index >= 15 is 0 Å². The van der Waals surface area contributed by atoms with Crippen molar-refractivity contribution in [2.24, 2.45) is 0 Å². The zero-order chi connectivity index (χ0) is 21.3. The van der Waals surface area contributed by atoms with E-state index in [0.29, 0.717) is 37.0 Å². The van der Waals surface area contributed by atoms with E-state index in [-0.39, 0.29) is 6.03 Å². The molecule has 0 aliphatic rings. The summed E-state index contributed by atoms with van der Waals surface area (Å²) in [5.74, 6) is 2.68. The largest absolute Gasteiger partial charge is 0.496 e. The highest BCUT2D eigenvalue weighted by Gasteiger charge is 2.11. The van der Waals surface area contributed by atoms with E-state index in [9.17, 15) is 4.79 Å². The number of anilines is 1. The van der Waals surface area contributed by atoms with Gasteiger partial charge in [-0.05, 0) is 18.2 Å². The molecular weight excluding hydrogens is 384 g/mol. The van der Waals surface area contributed by atoms with Gasteiger partial charge < -0.3 is 29.8 Å². The van der Waals surface area contributed by atoms with E-state index in [2.05, 4.69) is 20.9 Å². The molecule has 3 rings (SSSR count). The fraction of sp³-hybridized carbons (Fsp3) is 0.273. The van der Waals surface area contributed by atoms with Crippen molar-refractivity contribution < 1.29 is 18.7 Å². The molecule has 0 atom stereocenters. The minimum absolute atomic E-state index is 0.240. The first kappa shape index (κ1) is 21.0. The van der Waals surface area contributed by atoms with Gasteiger partial charge >= 0.3 is 6.03 Å². The molecule has 0 saturated heterocycles. The topological polar surface area (TPSA) is 97.7 Å². The van der Waals surface area contributed by atoms with Crippen molar-refractivity contribution in [3.63, 3.8) is 0 Å². The number of urea groups is 1. The Hall–Kier alpha value is -3.68. The van der Waals surface area contributed by atoms with Crippen LogP contribution in [0.2, 0.25) is 0 Å². The number of rotatable bonds is 9. The summed E-state index contributed by atoms with van der Waals surface area (Å²) in [7, 11) is 3.22. The van der Waals surface area contributed by atoms with Crippen molar-refractivity contribution in [3.8, 4) is 22.8 Å². The summed E-state index contributed by atoms with van der Waals surface area (Å²) < 4.78 is 16.3. The highest BCUT2D eigenvalue weighted by molar-refractivity contribution is 5.74. The van der Waals surface area contributed by atoms with E-state index in [1.54, 1.807) is 27.3 Å². The third kappa shape index (κ3) is 5.44. The van der Waals surface area contributed by atoms with Crippen LogP contribution in [-0.2, 0) is 6.54 Å². The van der Waals surface area contributed by atoms with Crippen LogP contribution < -0.4 is 25.4 Å². The van der Waals surface area contributed by atoms with Crippen molar-refractivity contribution >= 4 is 11.7 Å². The molecule has 2 aromatic carbocycles. The molecule has 1 heterocycles. The van der Waals surface area contributed by atoms with Crippen molar-refractivity contribution in [2.45, 2.75) is 13.5 Å². The minimum atomic E-state index is -0.240. The monoisotopic (exact) mass is 410 g/mol. The van der Waals surface area contributed by atoms with Gasteiger partial charge in [-0.3, -0.25) is 0 Å². The zero-order valence-corrected chi connectivity index (χ0v) is 17.3. The number of hydrogen-bond donors (Lipinski definition) is 3. The number of benzene rings is 2. The van der Waals surface area contributed by atoms with Crippen molar-refractivity contribution in [3.05, 3.63) is 60.1 Å². The molecule has 3 N–H and O–H groups in total. The van der Waals surface area contributed by atoms with Crippen LogP contribution in [-0.4, -0.2) is 38.3 Å². The molecule has 0 bridgehead atoms. The van der Waals surface area contributed by atoms with Gasteiger partial charge in [0.15, 0.2) is 11.7 Å². The third-order valence-corrected chi connectivity index (χ3v) is 4.46. The van der Waals surface area contributed by atoms with E-state index in [1.807, 2.05) is 42.5 Å². The van der Waals surface area contributed by atoms with Crippen LogP contribution in [0.3, 0.4) is 0 Å². The van der Waals surface area contributed by atoms with E-state index in [0.717, 1.165) is 22.6 Å². The second kappa shape index (κ2) is 10.2.